The Morgan fingerprint density at radius 2 is 2.25 bits per heavy atom. The van der Waals surface area contributed by atoms with Crippen LogP contribution < -0.4 is 5.32 Å². The molecule has 1 aromatic rings. The Morgan fingerprint density at radius 3 is 2.95 bits per heavy atom. The fraction of sp³-hybridized carbons (Fsp3) is 0.562. The molecule has 4 nitrogen and oxygen atoms in total. The highest BCUT2D eigenvalue weighted by atomic mass is 16.6. The Kier molecular flexibility index (Phi) is 3.42. The molecule has 2 unspecified atom stereocenters. The summed E-state index contributed by atoms with van der Waals surface area (Å²) < 4.78 is 5.36. The van der Waals surface area contributed by atoms with Crippen LogP contribution in [0.15, 0.2) is 24.3 Å². The molecular weight excluding hydrogens is 252 g/mol. The van der Waals surface area contributed by atoms with Crippen LogP contribution in [-0.2, 0) is 11.3 Å². The minimum atomic E-state index is -0.192. The van der Waals surface area contributed by atoms with Crippen LogP contribution in [0.25, 0.3) is 0 Å². The molecule has 0 aromatic heterocycles. The predicted octanol–water partition coefficient (Wildman–Crippen LogP) is 2.32. The third-order valence-electron chi connectivity index (χ3n) is 4.85. The minimum absolute atomic E-state index is 0.178. The van der Waals surface area contributed by atoms with E-state index in [1.807, 2.05) is 17.0 Å². The van der Waals surface area contributed by atoms with Gasteiger partial charge in [-0.05, 0) is 43.9 Å². The van der Waals surface area contributed by atoms with E-state index < -0.39 is 0 Å². The molecule has 20 heavy (non-hydrogen) atoms. The van der Waals surface area contributed by atoms with Crippen molar-refractivity contribution in [2.45, 2.75) is 32.4 Å². The van der Waals surface area contributed by atoms with Gasteiger partial charge in [-0.15, -0.1) is 0 Å². The highest BCUT2D eigenvalue weighted by Gasteiger charge is 2.49. The van der Waals surface area contributed by atoms with Crippen LogP contribution in [0.4, 0.5) is 4.79 Å². The number of ether oxygens (including phenoxy) is 1. The fourth-order valence-corrected chi connectivity index (χ4v) is 3.30. The summed E-state index contributed by atoms with van der Waals surface area (Å²) >= 11 is 0. The van der Waals surface area contributed by atoms with Crippen molar-refractivity contribution in [3.63, 3.8) is 0 Å². The smallest absolute Gasteiger partial charge is 0.410 e. The van der Waals surface area contributed by atoms with Gasteiger partial charge in [0.25, 0.3) is 0 Å². The van der Waals surface area contributed by atoms with E-state index in [4.69, 9.17) is 4.74 Å². The summed E-state index contributed by atoms with van der Waals surface area (Å²) in [7, 11) is 0. The lowest BCUT2D eigenvalue weighted by Gasteiger charge is -2.37. The van der Waals surface area contributed by atoms with E-state index in [9.17, 15) is 4.79 Å². The highest BCUT2D eigenvalue weighted by molar-refractivity contribution is 5.71. The first-order valence-electron chi connectivity index (χ1n) is 7.31. The fourth-order valence-electron chi connectivity index (χ4n) is 3.30. The normalized spacial score (nSPS) is 29.8. The maximum atomic E-state index is 12.1. The summed E-state index contributed by atoms with van der Waals surface area (Å²) in [5.41, 5.74) is 2.23. The number of amides is 1. The Morgan fingerprint density at radius 1 is 1.45 bits per heavy atom. The van der Waals surface area contributed by atoms with Crippen LogP contribution in [0.5, 0.6) is 0 Å². The molecule has 2 heterocycles. The average Bonchev–Trinajstić information content (AvgIpc) is 3.06. The number of nitrogens with zero attached hydrogens (tertiary/aromatic N) is 1. The molecule has 2 saturated heterocycles. The second kappa shape index (κ2) is 5.09. The van der Waals surface area contributed by atoms with Crippen molar-refractivity contribution in [2.75, 3.05) is 19.7 Å². The van der Waals surface area contributed by atoms with Crippen LogP contribution in [0.1, 0.15) is 24.5 Å². The molecule has 2 aliphatic heterocycles. The van der Waals surface area contributed by atoms with Crippen molar-refractivity contribution in [2.24, 2.45) is 5.92 Å². The lowest BCUT2D eigenvalue weighted by Crippen LogP contribution is -2.50. The zero-order valence-corrected chi connectivity index (χ0v) is 12.2. The van der Waals surface area contributed by atoms with Crippen molar-refractivity contribution in [3.05, 3.63) is 35.4 Å². The standard InChI is InChI=1S/C16H22N2O2/c1-12-5-3-4-6-13(12)10-18-15(19)20-11-16(18,2)14-7-8-17-9-14/h3-6,14,17H,7-11H2,1-2H3. The molecule has 2 aliphatic rings. The molecule has 0 bridgehead atoms. The molecule has 2 atom stereocenters. The Balaban J connectivity index is 1.85. The monoisotopic (exact) mass is 274 g/mol. The molecule has 0 aliphatic carbocycles. The van der Waals surface area contributed by atoms with E-state index >= 15 is 0 Å². The molecule has 3 rings (SSSR count). The molecule has 108 valence electrons. The van der Waals surface area contributed by atoms with E-state index in [-0.39, 0.29) is 11.6 Å². The third kappa shape index (κ3) is 2.18. The van der Waals surface area contributed by atoms with Gasteiger partial charge in [0.15, 0.2) is 0 Å². The summed E-state index contributed by atoms with van der Waals surface area (Å²) in [6.07, 6.45) is 0.930. The number of carbonyl (C=O) groups is 1. The Hall–Kier alpha value is -1.55. The molecule has 1 aromatic carbocycles. The van der Waals surface area contributed by atoms with Gasteiger partial charge in [0.1, 0.15) is 6.61 Å². The molecule has 0 radical (unpaired) electrons. The molecule has 1 amide bonds. The largest absolute Gasteiger partial charge is 0.447 e. The van der Waals surface area contributed by atoms with Crippen molar-refractivity contribution in [1.29, 1.82) is 0 Å². The second-order valence-corrected chi connectivity index (χ2v) is 6.11. The van der Waals surface area contributed by atoms with Gasteiger partial charge >= 0.3 is 6.09 Å². The quantitative estimate of drug-likeness (QED) is 0.919. The molecule has 0 spiro atoms. The first kappa shape index (κ1) is 13.4. The lowest BCUT2D eigenvalue weighted by atomic mass is 9.84. The van der Waals surface area contributed by atoms with Crippen LogP contribution in [0.2, 0.25) is 0 Å². The zero-order valence-electron chi connectivity index (χ0n) is 12.2. The Labute approximate surface area is 120 Å². The van der Waals surface area contributed by atoms with Gasteiger partial charge < -0.3 is 10.1 Å². The highest BCUT2D eigenvalue weighted by Crippen LogP contribution is 2.36. The Bertz CT molecular complexity index is 511. The molecule has 0 saturated carbocycles. The lowest BCUT2D eigenvalue weighted by molar-refractivity contribution is 0.117. The second-order valence-electron chi connectivity index (χ2n) is 6.11. The number of rotatable bonds is 3. The first-order chi connectivity index (χ1) is 9.61. The summed E-state index contributed by atoms with van der Waals surface area (Å²) in [4.78, 5) is 14.1. The van der Waals surface area contributed by atoms with E-state index in [0.29, 0.717) is 19.1 Å². The minimum Gasteiger partial charge on any atom is -0.447 e. The molecular formula is C16H22N2O2. The van der Waals surface area contributed by atoms with Gasteiger partial charge in [0.2, 0.25) is 0 Å². The van der Waals surface area contributed by atoms with E-state index in [2.05, 4.69) is 31.3 Å². The van der Waals surface area contributed by atoms with Gasteiger partial charge in [-0.2, -0.15) is 0 Å². The topological polar surface area (TPSA) is 41.6 Å². The van der Waals surface area contributed by atoms with Gasteiger partial charge in [-0.25, -0.2) is 4.79 Å². The summed E-state index contributed by atoms with van der Waals surface area (Å²) in [5, 5.41) is 3.39. The van der Waals surface area contributed by atoms with Crippen LogP contribution >= 0.6 is 0 Å². The van der Waals surface area contributed by atoms with Crippen molar-refractivity contribution >= 4 is 6.09 Å². The van der Waals surface area contributed by atoms with Crippen LogP contribution in [0, 0.1) is 12.8 Å². The summed E-state index contributed by atoms with van der Waals surface area (Å²) in [5.74, 6) is 0.470. The molecule has 4 heteroatoms. The molecule has 1 N–H and O–H groups in total. The van der Waals surface area contributed by atoms with Gasteiger partial charge in [-0.3, -0.25) is 4.90 Å². The molecule has 2 fully saturated rings. The van der Waals surface area contributed by atoms with Crippen molar-refractivity contribution < 1.29 is 9.53 Å². The summed E-state index contributed by atoms with van der Waals surface area (Å²) in [6, 6.07) is 8.23. The average molecular weight is 274 g/mol. The van der Waals surface area contributed by atoms with E-state index in [0.717, 1.165) is 19.5 Å². The van der Waals surface area contributed by atoms with E-state index in [1.54, 1.807) is 0 Å². The van der Waals surface area contributed by atoms with Gasteiger partial charge in [-0.1, -0.05) is 24.3 Å². The first-order valence-corrected chi connectivity index (χ1v) is 7.31. The van der Waals surface area contributed by atoms with Crippen LogP contribution in [-0.4, -0.2) is 36.2 Å². The SMILES string of the molecule is Cc1ccccc1CN1C(=O)OCC1(C)C1CCNC1. The zero-order chi connectivity index (χ0) is 14.2. The summed E-state index contributed by atoms with van der Waals surface area (Å²) in [6.45, 7) is 7.39. The number of aryl methyl sites for hydroxylation is 1. The number of carbonyl (C=O) groups excluding carboxylic acids is 1. The van der Waals surface area contributed by atoms with Crippen molar-refractivity contribution in [3.8, 4) is 0 Å². The number of cyclic esters (lactones) is 1. The van der Waals surface area contributed by atoms with Crippen molar-refractivity contribution in [1.82, 2.24) is 10.2 Å². The number of hydrogen-bond donors (Lipinski definition) is 1. The maximum Gasteiger partial charge on any atom is 0.410 e. The van der Waals surface area contributed by atoms with Gasteiger partial charge in [0, 0.05) is 13.1 Å². The maximum absolute atomic E-state index is 12.1. The number of benzene rings is 1. The predicted molar refractivity (Wildman–Crippen MR) is 77.5 cm³/mol. The van der Waals surface area contributed by atoms with E-state index in [1.165, 1.54) is 11.1 Å². The number of nitrogens with one attached hydrogen (secondary N) is 1. The number of hydrogen-bond acceptors (Lipinski definition) is 3. The third-order valence-corrected chi connectivity index (χ3v) is 4.85. The van der Waals surface area contributed by atoms with Crippen LogP contribution in [0.3, 0.4) is 0 Å². The van der Waals surface area contributed by atoms with Gasteiger partial charge in [0.05, 0.1) is 5.54 Å².